The van der Waals surface area contributed by atoms with E-state index in [0.717, 1.165) is 16.2 Å². The molecule has 0 unspecified atom stereocenters. The van der Waals surface area contributed by atoms with Crippen molar-refractivity contribution in [3.63, 3.8) is 0 Å². The molecule has 5 heteroatoms. The first-order chi connectivity index (χ1) is 11.6. The fraction of sp³-hybridized carbons (Fsp3) is 0.263. The number of amides is 1. The van der Waals surface area contributed by atoms with Gasteiger partial charge in [0.25, 0.3) is 5.91 Å². The van der Waals surface area contributed by atoms with Crippen LogP contribution >= 0.6 is 11.8 Å². The van der Waals surface area contributed by atoms with Crippen molar-refractivity contribution < 1.29 is 9.53 Å². The Kier molecular flexibility index (Phi) is 6.88. The van der Waals surface area contributed by atoms with Crippen LogP contribution in [0.5, 0.6) is 5.75 Å². The van der Waals surface area contributed by atoms with E-state index in [4.69, 9.17) is 4.74 Å². The Morgan fingerprint density at radius 3 is 2.50 bits per heavy atom. The Morgan fingerprint density at radius 2 is 1.88 bits per heavy atom. The van der Waals surface area contributed by atoms with Crippen LogP contribution in [0.1, 0.15) is 25.0 Å². The highest BCUT2D eigenvalue weighted by atomic mass is 32.2. The highest BCUT2D eigenvalue weighted by molar-refractivity contribution is 8.00. The van der Waals surface area contributed by atoms with Crippen LogP contribution in [0.25, 0.3) is 0 Å². The Bertz CT molecular complexity index is 682. The molecule has 0 radical (unpaired) electrons. The predicted octanol–water partition coefficient (Wildman–Crippen LogP) is 4.02. The molecule has 2 aromatic carbocycles. The average Bonchev–Trinajstić information content (AvgIpc) is 2.58. The first-order valence-corrected chi connectivity index (χ1v) is 8.75. The van der Waals surface area contributed by atoms with Crippen LogP contribution in [-0.4, -0.2) is 24.0 Å². The van der Waals surface area contributed by atoms with Gasteiger partial charge in [0.1, 0.15) is 5.75 Å². The van der Waals surface area contributed by atoms with Gasteiger partial charge >= 0.3 is 0 Å². The number of hydrazone groups is 1. The van der Waals surface area contributed by atoms with E-state index in [2.05, 4.69) is 10.5 Å². The number of nitrogens with zero attached hydrogens (tertiary/aromatic N) is 1. The summed E-state index contributed by atoms with van der Waals surface area (Å²) in [6.07, 6.45) is 1.62. The van der Waals surface area contributed by atoms with Gasteiger partial charge in [0.15, 0.2) is 0 Å². The second-order valence-electron chi connectivity index (χ2n) is 5.31. The van der Waals surface area contributed by atoms with Crippen LogP contribution in [0.15, 0.2) is 58.5 Å². The number of hydrogen-bond acceptors (Lipinski definition) is 4. The van der Waals surface area contributed by atoms with E-state index in [1.807, 2.05) is 69.3 Å². The maximum atomic E-state index is 12.1. The van der Waals surface area contributed by atoms with Gasteiger partial charge in [-0.1, -0.05) is 17.7 Å². The molecule has 126 valence electrons. The van der Waals surface area contributed by atoms with E-state index in [9.17, 15) is 4.79 Å². The normalized spacial score (nSPS) is 12.1. The fourth-order valence-electron chi connectivity index (χ4n) is 1.95. The number of carbonyl (C=O) groups excluding carboxylic acids is 1. The molecule has 0 saturated carbocycles. The second kappa shape index (κ2) is 9.13. The first-order valence-electron chi connectivity index (χ1n) is 7.87. The number of carbonyl (C=O) groups is 1. The van der Waals surface area contributed by atoms with Gasteiger partial charge in [0.05, 0.1) is 18.1 Å². The molecule has 2 rings (SSSR count). The van der Waals surface area contributed by atoms with E-state index >= 15 is 0 Å². The van der Waals surface area contributed by atoms with E-state index in [-0.39, 0.29) is 11.2 Å². The number of benzene rings is 2. The van der Waals surface area contributed by atoms with Crippen molar-refractivity contribution in [1.29, 1.82) is 0 Å². The molecule has 24 heavy (non-hydrogen) atoms. The van der Waals surface area contributed by atoms with E-state index in [1.54, 1.807) is 6.21 Å². The van der Waals surface area contributed by atoms with Crippen LogP contribution in [0.2, 0.25) is 0 Å². The number of hydrogen-bond donors (Lipinski definition) is 1. The molecule has 1 amide bonds. The summed E-state index contributed by atoms with van der Waals surface area (Å²) in [5.74, 6) is 0.699. The Balaban J connectivity index is 1.83. The zero-order chi connectivity index (χ0) is 17.4. The summed E-state index contributed by atoms with van der Waals surface area (Å²) in [6, 6.07) is 15.7. The highest BCUT2D eigenvalue weighted by Crippen LogP contribution is 2.23. The lowest BCUT2D eigenvalue weighted by molar-refractivity contribution is -0.120. The summed E-state index contributed by atoms with van der Waals surface area (Å²) in [7, 11) is 0. The topological polar surface area (TPSA) is 50.7 Å². The third-order valence-corrected chi connectivity index (χ3v) is 4.39. The van der Waals surface area contributed by atoms with Crippen molar-refractivity contribution >= 4 is 23.9 Å². The number of ether oxygens (including phenoxy) is 1. The summed E-state index contributed by atoms with van der Waals surface area (Å²) in [6.45, 7) is 6.49. The van der Waals surface area contributed by atoms with Crippen molar-refractivity contribution in [2.75, 3.05) is 6.61 Å². The summed E-state index contributed by atoms with van der Waals surface area (Å²) < 4.78 is 5.38. The van der Waals surface area contributed by atoms with E-state index < -0.39 is 0 Å². The predicted molar refractivity (Wildman–Crippen MR) is 99.8 cm³/mol. The lowest BCUT2D eigenvalue weighted by Crippen LogP contribution is -2.26. The monoisotopic (exact) mass is 342 g/mol. The molecule has 0 aliphatic rings. The molecular formula is C19H22N2O2S. The molecule has 4 nitrogen and oxygen atoms in total. The van der Waals surface area contributed by atoms with Crippen molar-refractivity contribution in [2.45, 2.75) is 30.9 Å². The highest BCUT2D eigenvalue weighted by Gasteiger charge is 2.13. The van der Waals surface area contributed by atoms with Crippen molar-refractivity contribution in [1.82, 2.24) is 5.43 Å². The number of thioether (sulfide) groups is 1. The van der Waals surface area contributed by atoms with Crippen LogP contribution < -0.4 is 10.2 Å². The van der Waals surface area contributed by atoms with Crippen molar-refractivity contribution in [3.05, 3.63) is 59.7 Å². The largest absolute Gasteiger partial charge is 0.494 e. The van der Waals surface area contributed by atoms with Crippen LogP contribution in [-0.2, 0) is 4.79 Å². The zero-order valence-corrected chi connectivity index (χ0v) is 15.0. The smallest absolute Gasteiger partial charge is 0.253 e. The SMILES string of the molecule is CCOc1ccc(/C=N\NC(=O)[C@@H](C)Sc2ccc(C)cc2)cc1. The number of nitrogens with one attached hydrogen (secondary N) is 1. The molecule has 0 aliphatic heterocycles. The molecule has 2 aromatic rings. The van der Waals surface area contributed by atoms with Crippen LogP contribution in [0.4, 0.5) is 0 Å². The Morgan fingerprint density at radius 1 is 1.21 bits per heavy atom. The summed E-state index contributed by atoms with van der Waals surface area (Å²) in [4.78, 5) is 13.1. The lowest BCUT2D eigenvalue weighted by atomic mass is 10.2. The zero-order valence-electron chi connectivity index (χ0n) is 14.2. The second-order valence-corrected chi connectivity index (χ2v) is 6.72. The van der Waals surface area contributed by atoms with Gasteiger partial charge < -0.3 is 4.74 Å². The molecule has 0 aliphatic carbocycles. The Hall–Kier alpha value is -2.27. The Labute approximate surface area is 147 Å². The maximum absolute atomic E-state index is 12.1. The minimum absolute atomic E-state index is 0.122. The van der Waals surface area contributed by atoms with Gasteiger partial charge in [-0.2, -0.15) is 5.10 Å². The average molecular weight is 342 g/mol. The fourth-order valence-corrected chi connectivity index (χ4v) is 2.81. The van der Waals surface area contributed by atoms with E-state index in [1.165, 1.54) is 17.3 Å². The molecule has 0 heterocycles. The molecule has 0 saturated heterocycles. The van der Waals surface area contributed by atoms with Crippen molar-refractivity contribution in [3.8, 4) is 5.75 Å². The summed E-state index contributed by atoms with van der Waals surface area (Å²) in [5.41, 5.74) is 4.69. The third-order valence-electron chi connectivity index (χ3n) is 3.28. The molecule has 0 bridgehead atoms. The van der Waals surface area contributed by atoms with Gasteiger partial charge in [-0.15, -0.1) is 11.8 Å². The van der Waals surface area contributed by atoms with Gasteiger partial charge in [-0.25, -0.2) is 5.43 Å². The third kappa shape index (κ3) is 5.74. The molecule has 1 N–H and O–H groups in total. The minimum Gasteiger partial charge on any atom is -0.494 e. The van der Waals surface area contributed by atoms with Gasteiger partial charge in [-0.05, 0) is 62.7 Å². The quantitative estimate of drug-likeness (QED) is 0.470. The number of rotatable bonds is 7. The first kappa shape index (κ1) is 18.1. The van der Waals surface area contributed by atoms with Crippen LogP contribution in [0, 0.1) is 6.92 Å². The molecule has 1 atom stereocenters. The molecule has 0 aromatic heterocycles. The minimum atomic E-state index is -0.217. The molecule has 0 spiro atoms. The summed E-state index contributed by atoms with van der Waals surface area (Å²) in [5, 5.41) is 3.80. The van der Waals surface area contributed by atoms with E-state index in [0.29, 0.717) is 6.61 Å². The van der Waals surface area contributed by atoms with Gasteiger partial charge in [-0.3, -0.25) is 4.79 Å². The van der Waals surface area contributed by atoms with Crippen molar-refractivity contribution in [2.24, 2.45) is 5.10 Å². The number of aryl methyl sites for hydroxylation is 1. The molecular weight excluding hydrogens is 320 g/mol. The summed E-state index contributed by atoms with van der Waals surface area (Å²) >= 11 is 1.51. The lowest BCUT2D eigenvalue weighted by Gasteiger charge is -2.09. The van der Waals surface area contributed by atoms with Gasteiger partial charge in [0, 0.05) is 4.90 Å². The van der Waals surface area contributed by atoms with Gasteiger partial charge in [0.2, 0.25) is 0 Å². The van der Waals surface area contributed by atoms with Crippen LogP contribution in [0.3, 0.4) is 0 Å². The maximum Gasteiger partial charge on any atom is 0.253 e. The molecule has 0 fully saturated rings. The standard InChI is InChI=1S/C19H22N2O2S/c1-4-23-17-9-7-16(8-10-17)13-20-21-19(22)15(3)24-18-11-5-14(2)6-12-18/h5-13,15H,4H2,1-3H3,(H,21,22)/b20-13-/t15-/m1/s1.